The summed E-state index contributed by atoms with van der Waals surface area (Å²) in [5.74, 6) is 0.873. The highest BCUT2D eigenvalue weighted by Gasteiger charge is 2.14. The Bertz CT molecular complexity index is 1070. The molecule has 6 nitrogen and oxygen atoms in total. The third-order valence-corrected chi connectivity index (χ3v) is 4.95. The second-order valence-electron chi connectivity index (χ2n) is 7.77. The van der Waals surface area contributed by atoms with Crippen molar-refractivity contribution >= 4 is 28.3 Å². The first-order chi connectivity index (χ1) is 13.9. The van der Waals surface area contributed by atoms with Crippen molar-refractivity contribution in [2.24, 2.45) is 5.92 Å². The summed E-state index contributed by atoms with van der Waals surface area (Å²) in [6.07, 6.45) is 0.983. The van der Waals surface area contributed by atoms with Gasteiger partial charge in [0.2, 0.25) is 5.91 Å². The van der Waals surface area contributed by atoms with E-state index in [0.717, 1.165) is 35.2 Å². The summed E-state index contributed by atoms with van der Waals surface area (Å²) < 4.78 is 1.42. The minimum absolute atomic E-state index is 0.0909. The van der Waals surface area contributed by atoms with Crippen LogP contribution < -0.4 is 16.3 Å². The Morgan fingerprint density at radius 2 is 1.76 bits per heavy atom. The van der Waals surface area contributed by atoms with Gasteiger partial charge in [-0.2, -0.15) is 4.98 Å². The van der Waals surface area contributed by atoms with Gasteiger partial charge >= 0.3 is 5.69 Å². The molecule has 6 heteroatoms. The molecule has 1 heterocycles. The molecule has 0 aliphatic heterocycles. The van der Waals surface area contributed by atoms with E-state index in [1.807, 2.05) is 56.3 Å². The fourth-order valence-electron chi connectivity index (χ4n) is 3.33. The van der Waals surface area contributed by atoms with E-state index in [1.54, 1.807) is 0 Å². The number of carbonyl (C=O) groups excluding carboxylic acids is 1. The summed E-state index contributed by atoms with van der Waals surface area (Å²) in [4.78, 5) is 29.6. The van der Waals surface area contributed by atoms with E-state index in [2.05, 4.69) is 29.5 Å². The summed E-state index contributed by atoms with van der Waals surface area (Å²) in [5.41, 5.74) is 3.01. The van der Waals surface area contributed by atoms with E-state index in [4.69, 9.17) is 0 Å². The Kier molecular flexibility index (Phi) is 6.32. The number of amides is 1. The first-order valence-corrected chi connectivity index (χ1v) is 9.96. The van der Waals surface area contributed by atoms with E-state index >= 15 is 0 Å². The lowest BCUT2D eigenvalue weighted by Crippen LogP contribution is -2.30. The smallest absolute Gasteiger partial charge is 0.350 e. The van der Waals surface area contributed by atoms with Gasteiger partial charge in [0.05, 0.1) is 5.52 Å². The molecule has 0 aliphatic carbocycles. The molecule has 0 fully saturated rings. The van der Waals surface area contributed by atoms with Crippen molar-refractivity contribution in [3.8, 4) is 0 Å². The molecular formula is C23H28N4O2. The number of nitrogens with zero attached hydrogens (tertiary/aromatic N) is 2. The molecule has 2 N–H and O–H groups in total. The number of fused-ring (bicyclic) bond motifs is 1. The summed E-state index contributed by atoms with van der Waals surface area (Å²) in [6.45, 7) is 8.85. The average Bonchev–Trinajstić information content (AvgIpc) is 2.67. The van der Waals surface area contributed by atoms with Crippen LogP contribution in [-0.4, -0.2) is 22.0 Å². The molecule has 0 saturated carbocycles. The normalized spacial score (nSPS) is 11.1. The van der Waals surface area contributed by atoms with Gasteiger partial charge in [-0.15, -0.1) is 0 Å². The van der Waals surface area contributed by atoms with Crippen LogP contribution in [0.25, 0.3) is 10.9 Å². The number of hydrogen-bond donors (Lipinski definition) is 2. The molecule has 2 aromatic carbocycles. The Balaban J connectivity index is 1.89. The molecule has 0 saturated heterocycles. The van der Waals surface area contributed by atoms with Gasteiger partial charge in [-0.05, 0) is 49.4 Å². The maximum atomic E-state index is 12.7. The highest BCUT2D eigenvalue weighted by atomic mass is 16.2. The van der Waals surface area contributed by atoms with Crippen LogP contribution in [0.2, 0.25) is 0 Å². The van der Waals surface area contributed by atoms with E-state index in [9.17, 15) is 9.59 Å². The average molecular weight is 393 g/mol. The molecule has 3 rings (SSSR count). The van der Waals surface area contributed by atoms with Crippen molar-refractivity contribution in [1.29, 1.82) is 0 Å². The van der Waals surface area contributed by atoms with Crippen molar-refractivity contribution in [1.82, 2.24) is 9.55 Å². The van der Waals surface area contributed by atoms with Crippen molar-refractivity contribution in [3.05, 3.63) is 64.1 Å². The van der Waals surface area contributed by atoms with Crippen LogP contribution in [0.4, 0.5) is 11.5 Å². The largest absolute Gasteiger partial charge is 0.369 e. The predicted octanol–water partition coefficient (Wildman–Crippen LogP) is 4.11. The van der Waals surface area contributed by atoms with Crippen molar-refractivity contribution in [2.75, 3.05) is 17.2 Å². The van der Waals surface area contributed by atoms with E-state index in [-0.39, 0.29) is 12.5 Å². The number of aryl methyl sites for hydroxylation is 2. The van der Waals surface area contributed by atoms with Crippen LogP contribution in [-0.2, 0) is 11.3 Å². The highest BCUT2D eigenvalue weighted by molar-refractivity contribution is 5.94. The number of para-hydroxylation sites is 2. The van der Waals surface area contributed by atoms with Crippen LogP contribution in [0.3, 0.4) is 0 Å². The summed E-state index contributed by atoms with van der Waals surface area (Å²) in [7, 11) is 0. The topological polar surface area (TPSA) is 76.0 Å². The molecule has 0 radical (unpaired) electrons. The maximum Gasteiger partial charge on any atom is 0.350 e. The number of aromatic nitrogens is 2. The highest BCUT2D eigenvalue weighted by Crippen LogP contribution is 2.21. The van der Waals surface area contributed by atoms with Gasteiger partial charge in [0.25, 0.3) is 0 Å². The van der Waals surface area contributed by atoms with Crippen LogP contribution in [0.5, 0.6) is 0 Å². The summed E-state index contributed by atoms with van der Waals surface area (Å²) in [5, 5.41) is 7.04. The molecule has 152 valence electrons. The molecule has 0 aliphatic rings. The zero-order valence-electron chi connectivity index (χ0n) is 17.5. The third-order valence-electron chi connectivity index (χ3n) is 4.95. The molecule has 1 amide bonds. The molecule has 0 atom stereocenters. The lowest BCUT2D eigenvalue weighted by atomic mass is 10.1. The number of carbonyl (C=O) groups is 1. The number of nitrogens with one attached hydrogen (secondary N) is 2. The quantitative estimate of drug-likeness (QED) is 0.634. The minimum atomic E-state index is -0.438. The van der Waals surface area contributed by atoms with Gasteiger partial charge in [-0.3, -0.25) is 9.36 Å². The van der Waals surface area contributed by atoms with E-state index in [1.165, 1.54) is 4.57 Å². The lowest BCUT2D eigenvalue weighted by Gasteiger charge is -2.15. The van der Waals surface area contributed by atoms with Gasteiger partial charge in [0.1, 0.15) is 12.4 Å². The predicted molar refractivity (Wildman–Crippen MR) is 118 cm³/mol. The Morgan fingerprint density at radius 3 is 2.45 bits per heavy atom. The summed E-state index contributed by atoms with van der Waals surface area (Å²) >= 11 is 0. The number of rotatable bonds is 7. The van der Waals surface area contributed by atoms with Crippen molar-refractivity contribution < 1.29 is 4.79 Å². The number of hydrogen-bond acceptors (Lipinski definition) is 4. The zero-order chi connectivity index (χ0) is 21.0. The van der Waals surface area contributed by atoms with Crippen LogP contribution in [0, 0.1) is 19.8 Å². The fourth-order valence-corrected chi connectivity index (χ4v) is 3.33. The molecular weight excluding hydrogens is 364 g/mol. The van der Waals surface area contributed by atoms with Gasteiger partial charge < -0.3 is 10.6 Å². The lowest BCUT2D eigenvalue weighted by molar-refractivity contribution is -0.116. The van der Waals surface area contributed by atoms with E-state index in [0.29, 0.717) is 17.3 Å². The molecule has 0 unspecified atom stereocenters. The third kappa shape index (κ3) is 4.83. The molecule has 1 aromatic heterocycles. The van der Waals surface area contributed by atoms with Crippen molar-refractivity contribution in [3.63, 3.8) is 0 Å². The fraction of sp³-hybridized carbons (Fsp3) is 0.348. The maximum absolute atomic E-state index is 12.7. The van der Waals surface area contributed by atoms with Crippen LogP contribution in [0.15, 0.2) is 47.3 Å². The van der Waals surface area contributed by atoms with Crippen LogP contribution in [0.1, 0.15) is 31.4 Å². The standard InChI is InChI=1S/C23H28N4O2/c1-15(2)12-13-24-22-18-10-5-6-11-19(18)27(23(29)26-22)14-20(28)25-21-16(3)8-7-9-17(21)4/h5-11,15H,12-14H2,1-4H3,(H,25,28)(H,24,26,29). The second kappa shape index (κ2) is 8.90. The summed E-state index contributed by atoms with van der Waals surface area (Å²) in [6, 6.07) is 13.4. The number of anilines is 2. The molecule has 0 spiro atoms. The van der Waals surface area contributed by atoms with E-state index < -0.39 is 5.69 Å². The van der Waals surface area contributed by atoms with Crippen molar-refractivity contribution in [2.45, 2.75) is 40.7 Å². The Morgan fingerprint density at radius 1 is 1.07 bits per heavy atom. The monoisotopic (exact) mass is 392 g/mol. The minimum Gasteiger partial charge on any atom is -0.369 e. The Labute approximate surface area is 171 Å². The molecule has 29 heavy (non-hydrogen) atoms. The first kappa shape index (κ1) is 20.6. The van der Waals surface area contributed by atoms with Gasteiger partial charge in [0, 0.05) is 17.6 Å². The first-order valence-electron chi connectivity index (χ1n) is 9.96. The van der Waals surface area contributed by atoms with Gasteiger partial charge in [-0.1, -0.05) is 44.2 Å². The second-order valence-corrected chi connectivity index (χ2v) is 7.77. The molecule has 3 aromatic rings. The van der Waals surface area contributed by atoms with Gasteiger partial charge in [-0.25, -0.2) is 4.79 Å². The van der Waals surface area contributed by atoms with Crippen LogP contribution >= 0.6 is 0 Å². The zero-order valence-corrected chi connectivity index (χ0v) is 17.5. The number of benzene rings is 2. The molecule has 0 bridgehead atoms. The SMILES string of the molecule is Cc1cccc(C)c1NC(=O)Cn1c(=O)nc(NCCC(C)C)c2ccccc21. The Hall–Kier alpha value is -3.15. The van der Waals surface area contributed by atoms with Gasteiger partial charge in [0.15, 0.2) is 0 Å².